The number of nitrogens with one attached hydrogen (secondary N) is 1. The predicted octanol–water partition coefficient (Wildman–Crippen LogP) is 0.901. The molecular weight excluding hydrogens is 399 g/mol. The molecule has 0 bridgehead atoms. The highest BCUT2D eigenvalue weighted by molar-refractivity contribution is 7.89. The van der Waals surface area contributed by atoms with Gasteiger partial charge in [0.15, 0.2) is 11.6 Å². The molecule has 1 amide bonds. The molecule has 26 heavy (non-hydrogen) atoms. The molecule has 7 nitrogen and oxygen atoms in total. The van der Waals surface area contributed by atoms with Crippen LogP contribution in [0.15, 0.2) is 23.1 Å². The Kier molecular flexibility index (Phi) is 8.13. The number of ether oxygens (including phenoxy) is 1. The molecule has 0 aliphatic carbocycles. The van der Waals surface area contributed by atoms with Crippen molar-refractivity contribution in [3.8, 4) is 5.75 Å². The number of benzene rings is 1. The molecule has 1 aliphatic heterocycles. The molecule has 2 rings (SSSR count). The van der Waals surface area contributed by atoms with Crippen molar-refractivity contribution in [1.82, 2.24) is 14.5 Å². The highest BCUT2D eigenvalue weighted by Crippen LogP contribution is 2.24. The van der Waals surface area contributed by atoms with E-state index in [9.17, 15) is 26.4 Å². The third kappa shape index (κ3) is 5.47. The number of nitrogens with zero attached hydrogens (tertiary/aromatic N) is 2. The fourth-order valence-electron chi connectivity index (χ4n) is 2.30. The van der Waals surface area contributed by atoms with Gasteiger partial charge in [-0.05, 0) is 18.2 Å². The van der Waals surface area contributed by atoms with Crippen LogP contribution in [0.1, 0.15) is 0 Å². The van der Waals surface area contributed by atoms with E-state index in [2.05, 4.69) is 10.1 Å². The molecule has 0 saturated carbocycles. The van der Waals surface area contributed by atoms with Gasteiger partial charge in [-0.3, -0.25) is 4.79 Å². The van der Waals surface area contributed by atoms with Crippen molar-refractivity contribution in [3.05, 3.63) is 24.0 Å². The number of halogens is 4. The van der Waals surface area contributed by atoms with E-state index in [0.717, 1.165) is 16.4 Å². The second-order valence-electron chi connectivity index (χ2n) is 5.36. The first-order chi connectivity index (χ1) is 11.7. The quantitative estimate of drug-likeness (QED) is 0.744. The van der Waals surface area contributed by atoms with Gasteiger partial charge in [-0.2, -0.15) is 13.1 Å². The summed E-state index contributed by atoms with van der Waals surface area (Å²) in [6, 6.07) is 2.33. The van der Waals surface area contributed by atoms with Crippen LogP contribution >= 0.6 is 12.4 Å². The molecule has 1 N–H and O–H groups in total. The first kappa shape index (κ1) is 22.5. The van der Waals surface area contributed by atoms with E-state index < -0.39 is 39.6 Å². The number of hydrogen-bond donors (Lipinski definition) is 1. The van der Waals surface area contributed by atoms with Gasteiger partial charge in [0.2, 0.25) is 15.9 Å². The van der Waals surface area contributed by atoms with Gasteiger partial charge in [-0.25, -0.2) is 12.8 Å². The number of piperazine rings is 1. The Morgan fingerprint density at radius 2 is 1.96 bits per heavy atom. The summed E-state index contributed by atoms with van der Waals surface area (Å²) in [6.45, 7) is -1.43. The first-order valence-corrected chi connectivity index (χ1v) is 8.85. The Bertz CT molecular complexity index is 730. The Morgan fingerprint density at radius 1 is 1.35 bits per heavy atom. The standard InChI is InChI=1S/C14H18F3N3O4S.ClH/c1-19(9-13(21)20-6-4-18-5-7-20)25(22,23)10-2-3-12(11(15)8-10)24-14(16)17;/h2-3,8,14,18H,4-7,9H2,1H3;1H. The SMILES string of the molecule is CN(CC(=O)N1CCNCC1)S(=O)(=O)c1ccc(OC(F)F)c(F)c1.Cl. The zero-order chi connectivity index (χ0) is 18.6. The number of carbonyl (C=O) groups is 1. The first-order valence-electron chi connectivity index (χ1n) is 7.41. The van der Waals surface area contributed by atoms with Gasteiger partial charge in [0.05, 0.1) is 11.4 Å². The number of carbonyl (C=O) groups excluding carboxylic acids is 1. The van der Waals surface area contributed by atoms with Crippen molar-refractivity contribution in [3.63, 3.8) is 0 Å². The zero-order valence-electron chi connectivity index (χ0n) is 13.8. The zero-order valence-corrected chi connectivity index (χ0v) is 15.5. The molecule has 1 heterocycles. The van der Waals surface area contributed by atoms with Crippen LogP contribution in [-0.4, -0.2) is 69.9 Å². The molecule has 0 unspecified atom stereocenters. The Labute approximate surface area is 155 Å². The summed E-state index contributed by atoms with van der Waals surface area (Å²) in [5.41, 5.74) is 0. The van der Waals surface area contributed by atoms with Crippen LogP contribution in [0.5, 0.6) is 5.75 Å². The van der Waals surface area contributed by atoms with Crippen molar-refractivity contribution in [1.29, 1.82) is 0 Å². The Balaban J connectivity index is 0.00000338. The summed E-state index contributed by atoms with van der Waals surface area (Å²) in [7, 11) is -2.96. The lowest BCUT2D eigenvalue weighted by Gasteiger charge is -2.29. The summed E-state index contributed by atoms with van der Waals surface area (Å²) in [4.78, 5) is 13.2. The number of rotatable bonds is 6. The summed E-state index contributed by atoms with van der Waals surface area (Å²) < 4.78 is 67.5. The molecule has 1 fully saturated rings. The van der Waals surface area contributed by atoms with Crippen LogP contribution in [0.25, 0.3) is 0 Å². The molecular formula is C14H19ClF3N3O4S. The maximum atomic E-state index is 13.7. The molecule has 1 aromatic rings. The minimum absolute atomic E-state index is 0. The molecule has 1 aliphatic rings. The molecule has 0 spiro atoms. The summed E-state index contributed by atoms with van der Waals surface area (Å²) in [6.07, 6.45) is 0. The summed E-state index contributed by atoms with van der Waals surface area (Å²) >= 11 is 0. The van der Waals surface area contributed by atoms with E-state index in [1.54, 1.807) is 0 Å². The fourth-order valence-corrected chi connectivity index (χ4v) is 3.44. The van der Waals surface area contributed by atoms with Crippen LogP contribution in [-0.2, 0) is 14.8 Å². The van der Waals surface area contributed by atoms with Gasteiger partial charge in [-0.1, -0.05) is 0 Å². The van der Waals surface area contributed by atoms with Gasteiger partial charge in [0.25, 0.3) is 0 Å². The van der Waals surface area contributed by atoms with E-state index in [1.165, 1.54) is 11.9 Å². The smallest absolute Gasteiger partial charge is 0.387 e. The van der Waals surface area contributed by atoms with Crippen LogP contribution in [0.3, 0.4) is 0 Å². The van der Waals surface area contributed by atoms with Crippen LogP contribution < -0.4 is 10.1 Å². The average molecular weight is 418 g/mol. The Morgan fingerprint density at radius 3 is 2.50 bits per heavy atom. The monoisotopic (exact) mass is 417 g/mol. The predicted molar refractivity (Wildman–Crippen MR) is 89.5 cm³/mol. The number of amides is 1. The lowest BCUT2D eigenvalue weighted by Crippen LogP contribution is -2.49. The van der Waals surface area contributed by atoms with Crippen molar-refractivity contribution in [2.24, 2.45) is 0 Å². The van der Waals surface area contributed by atoms with Crippen molar-refractivity contribution in [2.45, 2.75) is 11.5 Å². The number of hydrogen-bond acceptors (Lipinski definition) is 5. The molecule has 148 valence electrons. The minimum Gasteiger partial charge on any atom is -0.432 e. The van der Waals surface area contributed by atoms with Gasteiger partial charge in [0.1, 0.15) is 0 Å². The van der Waals surface area contributed by atoms with Gasteiger partial charge < -0.3 is 15.0 Å². The average Bonchev–Trinajstić information content (AvgIpc) is 2.56. The summed E-state index contributed by atoms with van der Waals surface area (Å²) in [5.74, 6) is -2.36. The van der Waals surface area contributed by atoms with Crippen LogP contribution in [0.4, 0.5) is 13.2 Å². The van der Waals surface area contributed by atoms with Gasteiger partial charge in [0, 0.05) is 33.2 Å². The van der Waals surface area contributed by atoms with Gasteiger partial charge >= 0.3 is 6.61 Å². The summed E-state index contributed by atoms with van der Waals surface area (Å²) in [5, 5.41) is 3.07. The maximum absolute atomic E-state index is 13.7. The second-order valence-corrected chi connectivity index (χ2v) is 7.41. The molecule has 0 aromatic heterocycles. The van der Waals surface area contributed by atoms with E-state index in [0.29, 0.717) is 32.2 Å². The third-order valence-corrected chi connectivity index (χ3v) is 5.45. The maximum Gasteiger partial charge on any atom is 0.387 e. The molecule has 0 atom stereocenters. The van der Waals surface area contributed by atoms with Crippen LogP contribution in [0, 0.1) is 5.82 Å². The van der Waals surface area contributed by atoms with Gasteiger partial charge in [-0.15, -0.1) is 12.4 Å². The van der Waals surface area contributed by atoms with E-state index >= 15 is 0 Å². The van der Waals surface area contributed by atoms with Crippen molar-refractivity contribution >= 4 is 28.3 Å². The third-order valence-electron chi connectivity index (χ3n) is 3.66. The fraction of sp³-hybridized carbons (Fsp3) is 0.500. The van der Waals surface area contributed by atoms with Crippen molar-refractivity contribution < 1.29 is 31.1 Å². The molecule has 12 heteroatoms. The Hall–Kier alpha value is -1.56. The number of likely N-dealkylation sites (N-methyl/N-ethyl adjacent to an activating group) is 1. The van der Waals surface area contributed by atoms with Crippen molar-refractivity contribution in [2.75, 3.05) is 39.8 Å². The molecule has 1 aromatic carbocycles. The van der Waals surface area contributed by atoms with Crippen LogP contribution in [0.2, 0.25) is 0 Å². The number of sulfonamides is 1. The molecule has 0 radical (unpaired) electrons. The largest absolute Gasteiger partial charge is 0.432 e. The topological polar surface area (TPSA) is 79.0 Å². The highest BCUT2D eigenvalue weighted by Gasteiger charge is 2.27. The highest BCUT2D eigenvalue weighted by atomic mass is 35.5. The van der Waals surface area contributed by atoms with E-state index in [-0.39, 0.29) is 18.3 Å². The lowest BCUT2D eigenvalue weighted by molar-refractivity contribution is -0.131. The minimum atomic E-state index is -4.15. The normalized spacial score (nSPS) is 15.1. The lowest BCUT2D eigenvalue weighted by atomic mass is 10.3. The number of alkyl halides is 2. The van der Waals surface area contributed by atoms with E-state index in [1.807, 2.05) is 0 Å². The second kappa shape index (κ2) is 9.40. The molecule has 1 saturated heterocycles. The van der Waals surface area contributed by atoms with E-state index in [4.69, 9.17) is 0 Å².